The van der Waals surface area contributed by atoms with Crippen LogP contribution in [-0.2, 0) is 6.54 Å². The number of hydrogen-bond acceptors (Lipinski definition) is 5. The summed E-state index contributed by atoms with van der Waals surface area (Å²) >= 11 is 1.67. The van der Waals surface area contributed by atoms with Crippen molar-refractivity contribution in [1.29, 1.82) is 0 Å². The molecular weight excluding hydrogens is 372 g/mol. The van der Waals surface area contributed by atoms with Crippen molar-refractivity contribution in [1.82, 2.24) is 14.8 Å². The standard InChI is InChI=1S/C21H18N4O2S/c1-13-3-8-16-18(11-13)28-21(23-16)14-4-6-15(7-5-14)22-20(26)17-12-19-25(24-17)9-2-10-27-19/h3-8,11-12H,2,9-10H2,1H3,(H,22,26). The minimum atomic E-state index is -0.242. The molecule has 1 aliphatic rings. The zero-order valence-corrected chi connectivity index (χ0v) is 16.1. The van der Waals surface area contributed by atoms with Crippen LogP contribution in [0.5, 0.6) is 5.88 Å². The van der Waals surface area contributed by atoms with E-state index in [4.69, 9.17) is 9.72 Å². The smallest absolute Gasteiger partial charge is 0.276 e. The van der Waals surface area contributed by atoms with Crippen molar-refractivity contribution in [3.8, 4) is 16.5 Å². The van der Waals surface area contributed by atoms with Crippen LogP contribution in [0.25, 0.3) is 20.8 Å². The van der Waals surface area contributed by atoms with E-state index in [1.165, 1.54) is 10.3 Å². The maximum Gasteiger partial charge on any atom is 0.276 e. The number of thiazole rings is 1. The van der Waals surface area contributed by atoms with Crippen LogP contribution in [0.4, 0.5) is 5.69 Å². The van der Waals surface area contributed by atoms with E-state index in [-0.39, 0.29) is 5.91 Å². The Morgan fingerprint density at radius 3 is 2.86 bits per heavy atom. The van der Waals surface area contributed by atoms with Gasteiger partial charge in [0.2, 0.25) is 5.88 Å². The topological polar surface area (TPSA) is 69.0 Å². The van der Waals surface area contributed by atoms with Gasteiger partial charge < -0.3 is 10.1 Å². The molecule has 140 valence electrons. The second-order valence-corrected chi connectivity index (χ2v) is 7.85. The Balaban J connectivity index is 1.34. The predicted octanol–water partition coefficient (Wildman–Crippen LogP) is 4.50. The first-order chi connectivity index (χ1) is 13.7. The molecule has 1 aliphatic heterocycles. The third-order valence-electron chi connectivity index (χ3n) is 4.67. The van der Waals surface area contributed by atoms with Gasteiger partial charge in [0.25, 0.3) is 5.91 Å². The third kappa shape index (κ3) is 3.14. The summed E-state index contributed by atoms with van der Waals surface area (Å²) in [5.41, 5.74) is 4.35. The van der Waals surface area contributed by atoms with E-state index >= 15 is 0 Å². The van der Waals surface area contributed by atoms with E-state index < -0.39 is 0 Å². The molecule has 0 bridgehead atoms. The van der Waals surface area contributed by atoms with Gasteiger partial charge in [0.15, 0.2) is 5.69 Å². The second kappa shape index (κ2) is 6.76. The first-order valence-electron chi connectivity index (χ1n) is 9.15. The number of aromatic nitrogens is 3. The highest BCUT2D eigenvalue weighted by molar-refractivity contribution is 7.21. The number of anilines is 1. The molecule has 4 aromatic rings. The van der Waals surface area contributed by atoms with Crippen molar-refractivity contribution in [3.63, 3.8) is 0 Å². The highest BCUT2D eigenvalue weighted by Crippen LogP contribution is 2.31. The first-order valence-corrected chi connectivity index (χ1v) is 9.97. The minimum Gasteiger partial charge on any atom is -0.478 e. The Bertz CT molecular complexity index is 1150. The first kappa shape index (κ1) is 16.9. The van der Waals surface area contributed by atoms with Gasteiger partial charge in [0.1, 0.15) is 5.01 Å². The van der Waals surface area contributed by atoms with Crippen molar-refractivity contribution in [2.24, 2.45) is 0 Å². The van der Waals surface area contributed by atoms with Gasteiger partial charge >= 0.3 is 0 Å². The zero-order valence-electron chi connectivity index (χ0n) is 15.3. The molecule has 0 aliphatic carbocycles. The van der Waals surface area contributed by atoms with E-state index in [1.54, 1.807) is 22.1 Å². The van der Waals surface area contributed by atoms with Crippen LogP contribution in [0.3, 0.4) is 0 Å². The van der Waals surface area contributed by atoms with Crippen LogP contribution < -0.4 is 10.1 Å². The van der Waals surface area contributed by atoms with Gasteiger partial charge in [-0.3, -0.25) is 4.79 Å². The molecule has 0 radical (unpaired) electrons. The van der Waals surface area contributed by atoms with Crippen molar-refractivity contribution in [2.45, 2.75) is 19.9 Å². The average molecular weight is 390 g/mol. The summed E-state index contributed by atoms with van der Waals surface area (Å²) < 4.78 is 8.43. The second-order valence-electron chi connectivity index (χ2n) is 6.81. The number of carbonyl (C=O) groups is 1. The van der Waals surface area contributed by atoms with E-state index in [0.29, 0.717) is 18.2 Å². The zero-order chi connectivity index (χ0) is 19.1. The number of amides is 1. The van der Waals surface area contributed by atoms with Crippen LogP contribution in [0.2, 0.25) is 0 Å². The molecule has 0 saturated heterocycles. The molecule has 7 heteroatoms. The van der Waals surface area contributed by atoms with Crippen molar-refractivity contribution >= 4 is 33.1 Å². The molecule has 0 spiro atoms. The average Bonchev–Trinajstić information content (AvgIpc) is 3.32. The maximum atomic E-state index is 12.5. The van der Waals surface area contributed by atoms with Crippen LogP contribution >= 0.6 is 11.3 Å². The number of carbonyl (C=O) groups excluding carboxylic acids is 1. The molecular formula is C21H18N4O2S. The number of fused-ring (bicyclic) bond motifs is 2. The van der Waals surface area contributed by atoms with E-state index in [1.807, 2.05) is 30.3 Å². The summed E-state index contributed by atoms with van der Waals surface area (Å²) in [6.07, 6.45) is 0.905. The molecule has 3 heterocycles. The quantitative estimate of drug-likeness (QED) is 0.559. The minimum absolute atomic E-state index is 0.242. The van der Waals surface area contributed by atoms with Gasteiger partial charge in [-0.1, -0.05) is 6.07 Å². The van der Waals surface area contributed by atoms with E-state index in [0.717, 1.165) is 34.7 Å². The van der Waals surface area contributed by atoms with Gasteiger partial charge in [0, 0.05) is 30.3 Å². The largest absolute Gasteiger partial charge is 0.478 e. The summed E-state index contributed by atoms with van der Waals surface area (Å²) in [4.78, 5) is 17.2. The van der Waals surface area contributed by atoms with Gasteiger partial charge in [-0.15, -0.1) is 11.3 Å². The number of ether oxygens (including phenoxy) is 1. The fraction of sp³-hybridized carbons (Fsp3) is 0.190. The Morgan fingerprint density at radius 1 is 1.18 bits per heavy atom. The fourth-order valence-electron chi connectivity index (χ4n) is 3.22. The lowest BCUT2D eigenvalue weighted by atomic mass is 10.2. The number of rotatable bonds is 3. The maximum absolute atomic E-state index is 12.5. The van der Waals surface area contributed by atoms with Crippen molar-refractivity contribution in [2.75, 3.05) is 11.9 Å². The van der Waals surface area contributed by atoms with Gasteiger partial charge in [-0.25, -0.2) is 9.67 Å². The Labute approximate surface area is 165 Å². The molecule has 1 amide bonds. The Hall–Kier alpha value is -3.19. The molecule has 0 saturated carbocycles. The molecule has 0 fully saturated rings. The van der Waals surface area contributed by atoms with Gasteiger partial charge in [-0.05, 0) is 48.9 Å². The summed E-state index contributed by atoms with van der Waals surface area (Å²) in [6.45, 7) is 3.53. The van der Waals surface area contributed by atoms with Crippen molar-refractivity contribution in [3.05, 3.63) is 59.8 Å². The van der Waals surface area contributed by atoms with Gasteiger partial charge in [-0.2, -0.15) is 5.10 Å². The Morgan fingerprint density at radius 2 is 2.04 bits per heavy atom. The van der Waals surface area contributed by atoms with Gasteiger partial charge in [0.05, 0.1) is 16.8 Å². The molecule has 28 heavy (non-hydrogen) atoms. The summed E-state index contributed by atoms with van der Waals surface area (Å²) in [5.74, 6) is 0.409. The number of aryl methyl sites for hydroxylation is 2. The highest BCUT2D eigenvalue weighted by atomic mass is 32.1. The molecule has 0 atom stereocenters. The highest BCUT2D eigenvalue weighted by Gasteiger charge is 2.18. The lowest BCUT2D eigenvalue weighted by molar-refractivity contribution is 0.102. The third-order valence-corrected chi connectivity index (χ3v) is 5.74. The SMILES string of the molecule is Cc1ccc2nc(-c3ccc(NC(=O)c4cc5n(n4)CCCO5)cc3)sc2c1. The number of nitrogens with one attached hydrogen (secondary N) is 1. The molecule has 2 aromatic carbocycles. The van der Waals surface area contributed by atoms with Crippen LogP contribution in [0.15, 0.2) is 48.5 Å². The predicted molar refractivity (Wildman–Crippen MR) is 110 cm³/mol. The van der Waals surface area contributed by atoms with Crippen molar-refractivity contribution < 1.29 is 9.53 Å². The lowest BCUT2D eigenvalue weighted by Crippen LogP contribution is -2.16. The van der Waals surface area contributed by atoms with E-state index in [9.17, 15) is 4.79 Å². The summed E-state index contributed by atoms with van der Waals surface area (Å²) in [6, 6.07) is 15.7. The monoisotopic (exact) mass is 390 g/mol. The summed E-state index contributed by atoms with van der Waals surface area (Å²) in [5, 5.41) is 8.18. The van der Waals surface area contributed by atoms with Crippen LogP contribution in [0.1, 0.15) is 22.5 Å². The number of benzene rings is 2. The Kier molecular flexibility index (Phi) is 4.09. The molecule has 1 N–H and O–H groups in total. The number of hydrogen-bond donors (Lipinski definition) is 1. The van der Waals surface area contributed by atoms with Crippen LogP contribution in [0, 0.1) is 6.92 Å². The molecule has 0 unspecified atom stereocenters. The van der Waals surface area contributed by atoms with Crippen LogP contribution in [-0.4, -0.2) is 27.3 Å². The summed E-state index contributed by atoms with van der Waals surface area (Å²) in [7, 11) is 0. The normalized spacial score (nSPS) is 13.2. The molecule has 6 nitrogen and oxygen atoms in total. The van der Waals surface area contributed by atoms with E-state index in [2.05, 4.69) is 29.5 Å². The number of nitrogens with zero attached hydrogens (tertiary/aromatic N) is 3. The molecule has 2 aromatic heterocycles. The molecule has 5 rings (SSSR count). The fourth-order valence-corrected chi connectivity index (χ4v) is 4.29. The lowest BCUT2D eigenvalue weighted by Gasteiger charge is -2.13.